The molecule has 2 heterocycles. The second kappa shape index (κ2) is 10.7. The Bertz CT molecular complexity index is 1270. The number of benzene rings is 2. The van der Waals surface area contributed by atoms with Crippen molar-refractivity contribution in [3.05, 3.63) is 52.2 Å². The molecule has 1 aliphatic heterocycles. The third-order valence-electron chi connectivity index (χ3n) is 6.56. The summed E-state index contributed by atoms with van der Waals surface area (Å²) in [6.07, 6.45) is 0.767. The van der Waals surface area contributed by atoms with Crippen LogP contribution in [0.3, 0.4) is 0 Å². The first kappa shape index (κ1) is 26.3. The highest BCUT2D eigenvalue weighted by molar-refractivity contribution is 6.00. The van der Waals surface area contributed by atoms with E-state index in [0.717, 1.165) is 16.7 Å². The fourth-order valence-electron chi connectivity index (χ4n) is 4.93. The Morgan fingerprint density at radius 3 is 2.32 bits per heavy atom. The van der Waals surface area contributed by atoms with Crippen molar-refractivity contribution in [1.29, 1.82) is 0 Å². The molecule has 2 N–H and O–H groups in total. The number of fused-ring (bicyclic) bond motifs is 1. The Labute approximate surface area is 217 Å². The molecule has 3 aromatic rings. The van der Waals surface area contributed by atoms with Gasteiger partial charge in [0, 0.05) is 24.3 Å². The van der Waals surface area contributed by atoms with Gasteiger partial charge in [-0.05, 0) is 69.0 Å². The molecule has 1 aliphatic rings. The molecule has 37 heavy (non-hydrogen) atoms. The summed E-state index contributed by atoms with van der Waals surface area (Å²) >= 11 is 0. The monoisotopic (exact) mass is 509 g/mol. The Morgan fingerprint density at radius 1 is 1.05 bits per heavy atom. The predicted molar refractivity (Wildman–Crippen MR) is 140 cm³/mol. The molecule has 1 unspecified atom stereocenters. The van der Waals surface area contributed by atoms with E-state index < -0.39 is 6.04 Å². The van der Waals surface area contributed by atoms with Crippen molar-refractivity contribution in [2.75, 3.05) is 34.5 Å². The number of methoxy groups -OCH3 is 3. The summed E-state index contributed by atoms with van der Waals surface area (Å²) in [6, 6.07) is 7.00. The van der Waals surface area contributed by atoms with E-state index in [-0.39, 0.29) is 17.8 Å². The van der Waals surface area contributed by atoms with Crippen molar-refractivity contribution in [3.63, 3.8) is 0 Å². The van der Waals surface area contributed by atoms with Crippen LogP contribution in [0.5, 0.6) is 23.0 Å². The number of nitrogens with one attached hydrogen (secondary N) is 1. The number of aromatic hydroxyl groups is 1. The standard InChI is InChI=1S/C28H35N3O6/c1-15(2)37-10-8-9-31-25(18-13-20(34-5)27(36-7)21(14-18)35-6)22-23(29-30-24(22)28(31)33)19-12-16(3)11-17(4)26(19)32/h11-15,25,32H,8-10H2,1-7H3,(H,29,30). The first-order valence-corrected chi connectivity index (χ1v) is 12.3. The molecule has 4 rings (SSSR count). The highest BCUT2D eigenvalue weighted by Crippen LogP contribution is 2.48. The molecule has 0 spiro atoms. The highest BCUT2D eigenvalue weighted by Gasteiger charge is 2.43. The fraction of sp³-hybridized carbons (Fsp3) is 0.429. The number of carbonyl (C=O) groups excluding carboxylic acids is 1. The normalized spacial score (nSPS) is 14.9. The molecule has 1 atom stereocenters. The Morgan fingerprint density at radius 2 is 1.73 bits per heavy atom. The van der Waals surface area contributed by atoms with Gasteiger partial charge in [-0.2, -0.15) is 5.10 Å². The molecule has 0 saturated carbocycles. The number of nitrogens with zero attached hydrogens (tertiary/aromatic N) is 2. The number of aromatic amines is 1. The maximum atomic E-state index is 13.7. The van der Waals surface area contributed by atoms with Crippen LogP contribution in [0.25, 0.3) is 11.3 Å². The highest BCUT2D eigenvalue weighted by atomic mass is 16.5. The number of ether oxygens (including phenoxy) is 4. The summed E-state index contributed by atoms with van der Waals surface area (Å²) in [5.41, 5.74) is 4.71. The van der Waals surface area contributed by atoms with E-state index in [1.54, 1.807) is 26.2 Å². The maximum absolute atomic E-state index is 13.7. The van der Waals surface area contributed by atoms with Crippen molar-refractivity contribution < 1.29 is 28.8 Å². The van der Waals surface area contributed by atoms with Crippen LogP contribution in [0.4, 0.5) is 0 Å². The van der Waals surface area contributed by atoms with Crippen molar-refractivity contribution in [2.24, 2.45) is 0 Å². The quantitative estimate of drug-likeness (QED) is 0.379. The molecular weight excluding hydrogens is 474 g/mol. The second-order valence-electron chi connectivity index (χ2n) is 9.47. The summed E-state index contributed by atoms with van der Waals surface area (Å²) < 4.78 is 22.5. The number of aryl methyl sites for hydroxylation is 2. The number of carbonyl (C=O) groups is 1. The van der Waals surface area contributed by atoms with Gasteiger partial charge in [-0.15, -0.1) is 0 Å². The number of amides is 1. The molecule has 1 aromatic heterocycles. The predicted octanol–water partition coefficient (Wildman–Crippen LogP) is 4.79. The number of hydrogen-bond acceptors (Lipinski definition) is 7. The third-order valence-corrected chi connectivity index (χ3v) is 6.56. The zero-order valence-electron chi connectivity index (χ0n) is 22.5. The number of rotatable bonds is 10. The lowest BCUT2D eigenvalue weighted by Gasteiger charge is -2.27. The van der Waals surface area contributed by atoms with Crippen LogP contribution in [-0.4, -0.2) is 66.7 Å². The molecule has 9 heteroatoms. The molecule has 9 nitrogen and oxygen atoms in total. The van der Waals surface area contributed by atoms with Gasteiger partial charge in [0.15, 0.2) is 11.5 Å². The van der Waals surface area contributed by atoms with E-state index in [0.29, 0.717) is 59.3 Å². The Balaban J connectivity index is 1.88. The number of hydrogen-bond donors (Lipinski definition) is 2. The lowest BCUT2D eigenvalue weighted by atomic mass is 9.93. The molecular formula is C28H35N3O6. The maximum Gasteiger partial charge on any atom is 0.273 e. The minimum Gasteiger partial charge on any atom is -0.507 e. The van der Waals surface area contributed by atoms with Gasteiger partial charge < -0.3 is 29.0 Å². The van der Waals surface area contributed by atoms with Crippen LogP contribution in [0, 0.1) is 13.8 Å². The summed E-state index contributed by atoms with van der Waals surface area (Å²) in [6.45, 7) is 8.78. The molecule has 1 amide bonds. The van der Waals surface area contributed by atoms with Crippen molar-refractivity contribution >= 4 is 5.91 Å². The molecule has 0 fully saturated rings. The summed E-state index contributed by atoms with van der Waals surface area (Å²) in [5, 5.41) is 18.4. The molecule has 0 bridgehead atoms. The van der Waals surface area contributed by atoms with Gasteiger partial charge in [0.1, 0.15) is 17.1 Å². The van der Waals surface area contributed by atoms with E-state index >= 15 is 0 Å². The lowest BCUT2D eigenvalue weighted by molar-refractivity contribution is 0.0601. The van der Waals surface area contributed by atoms with Gasteiger partial charge in [-0.1, -0.05) is 6.07 Å². The Hall–Kier alpha value is -3.72. The van der Waals surface area contributed by atoms with Crippen LogP contribution in [0.1, 0.15) is 59.1 Å². The zero-order valence-corrected chi connectivity index (χ0v) is 22.5. The smallest absolute Gasteiger partial charge is 0.273 e. The van der Waals surface area contributed by atoms with E-state index in [1.165, 1.54) is 0 Å². The number of phenols is 1. The van der Waals surface area contributed by atoms with Crippen LogP contribution < -0.4 is 14.2 Å². The topological polar surface area (TPSA) is 106 Å². The number of aromatic nitrogens is 2. The van der Waals surface area contributed by atoms with Gasteiger partial charge in [-0.25, -0.2) is 0 Å². The first-order valence-electron chi connectivity index (χ1n) is 12.3. The van der Waals surface area contributed by atoms with Gasteiger partial charge in [-0.3, -0.25) is 9.89 Å². The molecule has 0 radical (unpaired) electrons. The van der Waals surface area contributed by atoms with Gasteiger partial charge in [0.25, 0.3) is 5.91 Å². The summed E-state index contributed by atoms with van der Waals surface area (Å²) in [7, 11) is 4.67. The van der Waals surface area contributed by atoms with Crippen molar-refractivity contribution in [1.82, 2.24) is 15.1 Å². The summed E-state index contributed by atoms with van der Waals surface area (Å²) in [5.74, 6) is 1.41. The van der Waals surface area contributed by atoms with Crippen molar-refractivity contribution in [3.8, 4) is 34.3 Å². The average Bonchev–Trinajstić information content (AvgIpc) is 3.41. The fourth-order valence-corrected chi connectivity index (χ4v) is 4.93. The van der Waals surface area contributed by atoms with E-state index in [9.17, 15) is 9.90 Å². The average molecular weight is 510 g/mol. The molecule has 2 aromatic carbocycles. The third kappa shape index (κ3) is 4.83. The van der Waals surface area contributed by atoms with Crippen LogP contribution in [0.15, 0.2) is 24.3 Å². The minimum absolute atomic E-state index is 0.108. The van der Waals surface area contributed by atoms with Gasteiger partial charge >= 0.3 is 0 Å². The van der Waals surface area contributed by atoms with E-state index in [4.69, 9.17) is 18.9 Å². The first-order chi connectivity index (χ1) is 17.7. The summed E-state index contributed by atoms with van der Waals surface area (Å²) in [4.78, 5) is 15.5. The zero-order chi connectivity index (χ0) is 26.9. The van der Waals surface area contributed by atoms with Gasteiger partial charge in [0.05, 0.1) is 33.5 Å². The number of H-pyrrole nitrogens is 1. The van der Waals surface area contributed by atoms with Crippen molar-refractivity contribution in [2.45, 2.75) is 46.3 Å². The van der Waals surface area contributed by atoms with Gasteiger partial charge in [0.2, 0.25) is 5.75 Å². The second-order valence-corrected chi connectivity index (χ2v) is 9.47. The molecule has 198 valence electrons. The van der Waals surface area contributed by atoms with Crippen LogP contribution in [-0.2, 0) is 4.74 Å². The lowest BCUT2D eigenvalue weighted by Crippen LogP contribution is -2.31. The van der Waals surface area contributed by atoms with Crippen LogP contribution in [0.2, 0.25) is 0 Å². The minimum atomic E-state index is -0.496. The molecule has 0 aliphatic carbocycles. The largest absolute Gasteiger partial charge is 0.507 e. The Kier molecular flexibility index (Phi) is 7.63. The SMILES string of the molecule is COc1cc(C2c3c(-c4cc(C)cc(C)c4O)n[nH]c3C(=O)N2CCCOC(C)C)cc(OC)c1OC. The van der Waals surface area contributed by atoms with E-state index in [2.05, 4.69) is 10.2 Å². The van der Waals surface area contributed by atoms with Crippen LogP contribution >= 0.6 is 0 Å². The molecule has 0 saturated heterocycles. The van der Waals surface area contributed by atoms with E-state index in [1.807, 2.05) is 52.0 Å². The number of phenolic OH excluding ortho intramolecular Hbond substituents is 1.